The van der Waals surface area contributed by atoms with Crippen LogP contribution >= 0.6 is 11.6 Å². The fraction of sp³-hybridized carbons (Fsp3) is 0.421. The number of aryl methyl sites for hydroxylation is 1. The van der Waals surface area contributed by atoms with E-state index in [0.717, 1.165) is 18.1 Å². The zero-order chi connectivity index (χ0) is 19.9. The van der Waals surface area contributed by atoms with E-state index in [-0.39, 0.29) is 5.91 Å². The molecule has 0 aliphatic rings. The number of rotatable bonds is 9. The summed E-state index contributed by atoms with van der Waals surface area (Å²) in [6.07, 6.45) is 0. The Kier molecular flexibility index (Phi) is 7.24. The van der Waals surface area contributed by atoms with E-state index in [1.54, 1.807) is 38.1 Å². The highest BCUT2D eigenvalue weighted by molar-refractivity contribution is 6.30. The van der Waals surface area contributed by atoms with Gasteiger partial charge in [-0.1, -0.05) is 11.6 Å². The molecular formula is C19H26ClN5O2. The Hall–Kier alpha value is -2.54. The quantitative estimate of drug-likeness (QED) is 0.568. The minimum Gasteiger partial charge on any atom is -0.478 e. The van der Waals surface area contributed by atoms with Crippen LogP contribution in [0.2, 0.25) is 5.02 Å². The van der Waals surface area contributed by atoms with Crippen molar-refractivity contribution in [1.82, 2.24) is 15.3 Å². The van der Waals surface area contributed by atoms with Gasteiger partial charge in [0.05, 0.1) is 0 Å². The van der Waals surface area contributed by atoms with Crippen LogP contribution in [0.15, 0.2) is 30.3 Å². The molecule has 0 radical (unpaired) electrons. The van der Waals surface area contributed by atoms with Crippen LogP contribution in [0.4, 0.5) is 11.8 Å². The average molecular weight is 392 g/mol. The van der Waals surface area contributed by atoms with Crippen molar-refractivity contribution in [3.8, 4) is 5.75 Å². The summed E-state index contributed by atoms with van der Waals surface area (Å²) in [5.74, 6) is 1.67. The van der Waals surface area contributed by atoms with Crippen LogP contribution in [0.3, 0.4) is 0 Å². The molecule has 0 atom stereocenters. The molecule has 27 heavy (non-hydrogen) atoms. The predicted molar refractivity (Wildman–Crippen MR) is 109 cm³/mol. The Morgan fingerprint density at radius 3 is 2.52 bits per heavy atom. The molecule has 2 aromatic rings. The molecule has 1 heterocycles. The SMILES string of the molecule is CCNc1cc(C)nc(NCCNC(=O)C(C)(C)Oc2ccc(Cl)cc2)n1. The lowest BCUT2D eigenvalue weighted by molar-refractivity contribution is -0.134. The van der Waals surface area contributed by atoms with Gasteiger partial charge < -0.3 is 20.7 Å². The smallest absolute Gasteiger partial charge is 0.263 e. The van der Waals surface area contributed by atoms with Gasteiger partial charge in [-0.05, 0) is 52.0 Å². The van der Waals surface area contributed by atoms with E-state index in [1.165, 1.54) is 0 Å². The summed E-state index contributed by atoms with van der Waals surface area (Å²) < 4.78 is 5.77. The zero-order valence-electron chi connectivity index (χ0n) is 16.1. The number of hydrogen-bond donors (Lipinski definition) is 3. The summed E-state index contributed by atoms with van der Waals surface area (Å²) in [4.78, 5) is 21.1. The number of nitrogens with one attached hydrogen (secondary N) is 3. The molecule has 7 nitrogen and oxygen atoms in total. The Morgan fingerprint density at radius 1 is 1.15 bits per heavy atom. The first-order valence-electron chi connectivity index (χ1n) is 8.86. The number of anilines is 2. The van der Waals surface area contributed by atoms with Gasteiger partial charge in [0, 0.05) is 36.4 Å². The van der Waals surface area contributed by atoms with Crippen molar-refractivity contribution in [3.05, 3.63) is 41.0 Å². The maximum atomic E-state index is 12.4. The number of amides is 1. The second kappa shape index (κ2) is 9.41. The normalized spacial score (nSPS) is 11.0. The van der Waals surface area contributed by atoms with Crippen molar-refractivity contribution in [1.29, 1.82) is 0 Å². The third-order valence-electron chi connectivity index (χ3n) is 3.64. The number of ether oxygens (including phenoxy) is 1. The van der Waals surface area contributed by atoms with Crippen molar-refractivity contribution in [2.24, 2.45) is 0 Å². The number of carbonyl (C=O) groups excluding carboxylic acids is 1. The predicted octanol–water partition coefficient (Wildman–Crippen LogP) is 3.26. The van der Waals surface area contributed by atoms with Crippen molar-refractivity contribution in [3.63, 3.8) is 0 Å². The van der Waals surface area contributed by atoms with E-state index in [1.807, 2.05) is 19.9 Å². The second-order valence-corrected chi connectivity index (χ2v) is 6.93. The van der Waals surface area contributed by atoms with E-state index >= 15 is 0 Å². The van der Waals surface area contributed by atoms with Gasteiger partial charge in [-0.3, -0.25) is 4.79 Å². The minimum atomic E-state index is -1.01. The van der Waals surface area contributed by atoms with Crippen molar-refractivity contribution < 1.29 is 9.53 Å². The second-order valence-electron chi connectivity index (χ2n) is 6.50. The summed E-state index contributed by atoms with van der Waals surface area (Å²) in [5.41, 5.74) is -0.142. The first-order valence-corrected chi connectivity index (χ1v) is 9.24. The molecule has 0 bridgehead atoms. The molecule has 146 valence electrons. The fourth-order valence-corrected chi connectivity index (χ4v) is 2.45. The topological polar surface area (TPSA) is 88.2 Å². The van der Waals surface area contributed by atoms with E-state index in [9.17, 15) is 4.79 Å². The highest BCUT2D eigenvalue weighted by Gasteiger charge is 2.29. The van der Waals surface area contributed by atoms with E-state index in [0.29, 0.717) is 29.8 Å². The largest absolute Gasteiger partial charge is 0.478 e. The molecule has 0 saturated heterocycles. The third-order valence-corrected chi connectivity index (χ3v) is 3.89. The Bertz CT molecular complexity index is 765. The molecule has 1 aromatic carbocycles. The van der Waals surface area contributed by atoms with Crippen LogP contribution in [-0.4, -0.2) is 41.1 Å². The summed E-state index contributed by atoms with van der Waals surface area (Å²) in [6.45, 7) is 9.06. The molecule has 1 amide bonds. The number of halogens is 1. The first kappa shape index (κ1) is 20.8. The number of nitrogens with zero attached hydrogens (tertiary/aromatic N) is 2. The Labute approximate surface area is 164 Å². The van der Waals surface area contributed by atoms with Gasteiger partial charge in [0.2, 0.25) is 5.95 Å². The maximum absolute atomic E-state index is 12.4. The highest BCUT2D eigenvalue weighted by Crippen LogP contribution is 2.21. The van der Waals surface area contributed by atoms with Gasteiger partial charge in [0.1, 0.15) is 11.6 Å². The molecule has 0 spiro atoms. The minimum absolute atomic E-state index is 0.210. The lowest BCUT2D eigenvalue weighted by Gasteiger charge is -2.25. The number of hydrogen-bond acceptors (Lipinski definition) is 6. The van der Waals surface area contributed by atoms with Crippen LogP contribution < -0.4 is 20.7 Å². The average Bonchev–Trinajstić information content (AvgIpc) is 2.60. The first-order chi connectivity index (χ1) is 12.8. The number of aromatic nitrogens is 2. The summed E-state index contributed by atoms with van der Waals surface area (Å²) in [6, 6.07) is 8.79. The van der Waals surface area contributed by atoms with E-state index < -0.39 is 5.60 Å². The number of benzene rings is 1. The van der Waals surface area contributed by atoms with E-state index in [2.05, 4.69) is 25.9 Å². The molecule has 0 aliphatic heterocycles. The molecule has 0 fully saturated rings. The molecule has 1 aromatic heterocycles. The zero-order valence-corrected chi connectivity index (χ0v) is 16.9. The molecule has 3 N–H and O–H groups in total. The van der Waals surface area contributed by atoms with Gasteiger partial charge in [0.15, 0.2) is 5.60 Å². The van der Waals surface area contributed by atoms with Gasteiger partial charge in [-0.2, -0.15) is 4.98 Å². The fourth-order valence-electron chi connectivity index (χ4n) is 2.33. The summed E-state index contributed by atoms with van der Waals surface area (Å²) in [7, 11) is 0. The van der Waals surface area contributed by atoms with E-state index in [4.69, 9.17) is 16.3 Å². The molecule has 0 aliphatic carbocycles. The van der Waals surface area contributed by atoms with Crippen molar-refractivity contribution >= 4 is 29.3 Å². The Balaban J connectivity index is 1.82. The highest BCUT2D eigenvalue weighted by atomic mass is 35.5. The lowest BCUT2D eigenvalue weighted by Crippen LogP contribution is -2.47. The monoisotopic (exact) mass is 391 g/mol. The summed E-state index contributed by atoms with van der Waals surface area (Å²) in [5, 5.41) is 9.75. The van der Waals surface area contributed by atoms with Gasteiger partial charge in [-0.15, -0.1) is 0 Å². The molecule has 2 rings (SSSR count). The van der Waals surface area contributed by atoms with Crippen molar-refractivity contribution in [2.45, 2.75) is 33.3 Å². The molecular weight excluding hydrogens is 366 g/mol. The van der Waals surface area contributed by atoms with Crippen LogP contribution in [-0.2, 0) is 4.79 Å². The third kappa shape index (κ3) is 6.60. The molecule has 0 unspecified atom stereocenters. The van der Waals surface area contributed by atoms with Crippen LogP contribution in [0.5, 0.6) is 5.75 Å². The van der Waals surface area contributed by atoms with Gasteiger partial charge >= 0.3 is 0 Å². The maximum Gasteiger partial charge on any atom is 0.263 e. The van der Waals surface area contributed by atoms with Crippen LogP contribution in [0.25, 0.3) is 0 Å². The molecule has 0 saturated carbocycles. The van der Waals surface area contributed by atoms with Gasteiger partial charge in [0.25, 0.3) is 5.91 Å². The van der Waals surface area contributed by atoms with Crippen LogP contribution in [0.1, 0.15) is 26.5 Å². The lowest BCUT2D eigenvalue weighted by atomic mass is 10.1. The number of carbonyl (C=O) groups is 1. The van der Waals surface area contributed by atoms with Crippen LogP contribution in [0, 0.1) is 6.92 Å². The molecule has 8 heteroatoms. The van der Waals surface area contributed by atoms with Gasteiger partial charge in [-0.25, -0.2) is 4.98 Å². The summed E-state index contributed by atoms with van der Waals surface area (Å²) >= 11 is 5.86. The van der Waals surface area contributed by atoms with Crippen molar-refractivity contribution in [2.75, 3.05) is 30.3 Å². The standard InChI is InChI=1S/C19H26ClN5O2/c1-5-21-16-12-13(2)24-18(25-16)23-11-10-22-17(26)19(3,4)27-15-8-6-14(20)7-9-15/h6-9,12H,5,10-11H2,1-4H3,(H,22,26)(H2,21,23,24,25). The Morgan fingerprint density at radius 2 is 1.85 bits per heavy atom.